The monoisotopic (exact) mass is 316 g/mol. The van der Waals surface area contributed by atoms with E-state index in [1.165, 1.54) is 18.4 Å². The fourth-order valence-corrected chi connectivity index (χ4v) is 3.41. The van der Waals surface area contributed by atoms with Crippen molar-refractivity contribution in [3.63, 3.8) is 0 Å². The van der Waals surface area contributed by atoms with Crippen LogP contribution >= 0.6 is 0 Å². The minimum Gasteiger partial charge on any atom is -0.338 e. The van der Waals surface area contributed by atoms with E-state index < -0.39 is 0 Å². The van der Waals surface area contributed by atoms with Crippen LogP contribution in [0.25, 0.3) is 0 Å². The van der Waals surface area contributed by atoms with Crippen molar-refractivity contribution in [1.29, 1.82) is 0 Å². The van der Waals surface area contributed by atoms with Gasteiger partial charge in [0.1, 0.15) is 0 Å². The Balaban J connectivity index is 1.99. The first-order valence-corrected chi connectivity index (χ1v) is 9.17. The van der Waals surface area contributed by atoms with E-state index in [2.05, 4.69) is 44.7 Å². The summed E-state index contributed by atoms with van der Waals surface area (Å²) in [5.41, 5.74) is 2.11. The minimum atomic E-state index is 0.200. The number of benzene rings is 1. The fraction of sp³-hybridized carbons (Fsp3) is 0.650. The molecule has 128 valence electrons. The predicted octanol–water partition coefficient (Wildman–Crippen LogP) is 4.18. The van der Waals surface area contributed by atoms with Gasteiger partial charge in [-0.1, -0.05) is 32.4 Å². The number of rotatable bonds is 6. The molecular weight excluding hydrogens is 284 g/mol. The van der Waals surface area contributed by atoms with Crippen LogP contribution in [0.2, 0.25) is 0 Å². The maximum Gasteiger partial charge on any atom is 0.253 e. The number of piperidine rings is 1. The van der Waals surface area contributed by atoms with Crippen molar-refractivity contribution in [2.24, 2.45) is 5.92 Å². The van der Waals surface area contributed by atoms with Gasteiger partial charge in [0.15, 0.2) is 0 Å². The van der Waals surface area contributed by atoms with Gasteiger partial charge in [-0.05, 0) is 56.8 Å². The molecule has 1 atom stereocenters. The lowest BCUT2D eigenvalue weighted by Gasteiger charge is -2.32. The third-order valence-electron chi connectivity index (χ3n) is 5.11. The number of hydrogen-bond donors (Lipinski definition) is 0. The third-order valence-corrected chi connectivity index (χ3v) is 5.11. The molecule has 0 spiro atoms. The molecule has 0 aromatic heterocycles. The lowest BCUT2D eigenvalue weighted by Crippen LogP contribution is -2.39. The van der Waals surface area contributed by atoms with Gasteiger partial charge in [-0.15, -0.1) is 0 Å². The van der Waals surface area contributed by atoms with Crippen LogP contribution in [0, 0.1) is 5.92 Å². The SMILES string of the molecule is CCC1CCCN(C(=O)c2ccc(CN(CC)C(C)C)cc2)C1. The highest BCUT2D eigenvalue weighted by Crippen LogP contribution is 2.21. The fourth-order valence-electron chi connectivity index (χ4n) is 3.41. The molecule has 1 heterocycles. The molecule has 1 aliphatic heterocycles. The normalized spacial score (nSPS) is 18.7. The van der Waals surface area contributed by atoms with Gasteiger partial charge >= 0.3 is 0 Å². The topological polar surface area (TPSA) is 23.6 Å². The van der Waals surface area contributed by atoms with Gasteiger partial charge in [0.05, 0.1) is 0 Å². The Hall–Kier alpha value is -1.35. The molecule has 1 amide bonds. The molecule has 1 aromatic rings. The first kappa shape index (κ1) is 18.0. The van der Waals surface area contributed by atoms with Gasteiger partial charge in [-0.25, -0.2) is 0 Å². The standard InChI is InChI=1S/C20H32N2O/c1-5-17-8-7-13-22(14-17)20(23)19-11-9-18(10-12-19)15-21(6-2)16(3)4/h9-12,16-17H,5-8,13-15H2,1-4H3. The number of likely N-dealkylation sites (tertiary alicyclic amines) is 1. The Labute approximate surface area is 141 Å². The van der Waals surface area contributed by atoms with E-state index in [0.717, 1.165) is 38.2 Å². The maximum atomic E-state index is 12.7. The quantitative estimate of drug-likeness (QED) is 0.786. The average molecular weight is 316 g/mol. The highest BCUT2D eigenvalue weighted by atomic mass is 16.2. The van der Waals surface area contributed by atoms with Crippen molar-refractivity contribution in [2.75, 3.05) is 19.6 Å². The number of hydrogen-bond acceptors (Lipinski definition) is 2. The zero-order valence-corrected chi connectivity index (χ0v) is 15.2. The lowest BCUT2D eigenvalue weighted by molar-refractivity contribution is 0.0671. The van der Waals surface area contributed by atoms with Crippen LogP contribution in [0.3, 0.4) is 0 Å². The van der Waals surface area contributed by atoms with Crippen LogP contribution in [0.15, 0.2) is 24.3 Å². The van der Waals surface area contributed by atoms with Crippen LogP contribution in [0.4, 0.5) is 0 Å². The molecule has 1 aromatic carbocycles. The lowest BCUT2D eigenvalue weighted by atomic mass is 9.95. The molecule has 0 aliphatic carbocycles. The van der Waals surface area contributed by atoms with E-state index in [4.69, 9.17) is 0 Å². The molecule has 3 heteroatoms. The minimum absolute atomic E-state index is 0.200. The van der Waals surface area contributed by atoms with Crippen LogP contribution in [-0.2, 0) is 6.54 Å². The molecule has 3 nitrogen and oxygen atoms in total. The summed E-state index contributed by atoms with van der Waals surface area (Å²) in [6, 6.07) is 8.77. The summed E-state index contributed by atoms with van der Waals surface area (Å²) < 4.78 is 0. The third kappa shape index (κ3) is 4.81. The first-order chi connectivity index (χ1) is 11.0. The summed E-state index contributed by atoms with van der Waals surface area (Å²) in [5.74, 6) is 0.877. The summed E-state index contributed by atoms with van der Waals surface area (Å²) in [6.45, 7) is 12.7. The molecule has 1 unspecified atom stereocenters. The van der Waals surface area contributed by atoms with Gasteiger partial charge in [-0.3, -0.25) is 9.69 Å². The largest absolute Gasteiger partial charge is 0.338 e. The van der Waals surface area contributed by atoms with Gasteiger partial charge in [0.2, 0.25) is 0 Å². The van der Waals surface area contributed by atoms with Crippen molar-refractivity contribution in [3.05, 3.63) is 35.4 Å². The zero-order chi connectivity index (χ0) is 16.8. The molecule has 2 rings (SSSR count). The molecule has 1 fully saturated rings. The second-order valence-electron chi connectivity index (χ2n) is 7.02. The number of amides is 1. The van der Waals surface area contributed by atoms with E-state index >= 15 is 0 Å². The van der Waals surface area contributed by atoms with E-state index in [-0.39, 0.29) is 5.91 Å². The van der Waals surface area contributed by atoms with Crippen molar-refractivity contribution in [1.82, 2.24) is 9.80 Å². The summed E-state index contributed by atoms with van der Waals surface area (Å²) >= 11 is 0. The first-order valence-electron chi connectivity index (χ1n) is 9.17. The highest BCUT2D eigenvalue weighted by Gasteiger charge is 2.23. The summed E-state index contributed by atoms with van der Waals surface area (Å²) in [4.78, 5) is 17.1. The molecule has 0 N–H and O–H groups in total. The van der Waals surface area contributed by atoms with Crippen molar-refractivity contribution >= 4 is 5.91 Å². The maximum absolute atomic E-state index is 12.7. The summed E-state index contributed by atoms with van der Waals surface area (Å²) in [7, 11) is 0. The van der Waals surface area contributed by atoms with E-state index in [0.29, 0.717) is 12.0 Å². The van der Waals surface area contributed by atoms with Crippen LogP contribution < -0.4 is 0 Å². The van der Waals surface area contributed by atoms with Crippen LogP contribution in [0.1, 0.15) is 62.9 Å². The van der Waals surface area contributed by atoms with E-state index in [9.17, 15) is 4.79 Å². The second kappa shape index (κ2) is 8.49. The molecular formula is C20H32N2O. The van der Waals surface area contributed by atoms with Crippen molar-refractivity contribution in [2.45, 2.75) is 59.5 Å². The Morgan fingerprint density at radius 1 is 1.26 bits per heavy atom. The highest BCUT2D eigenvalue weighted by molar-refractivity contribution is 5.94. The van der Waals surface area contributed by atoms with Gasteiger partial charge in [0, 0.05) is 31.2 Å². The van der Waals surface area contributed by atoms with Crippen molar-refractivity contribution < 1.29 is 4.79 Å². The van der Waals surface area contributed by atoms with Gasteiger partial charge < -0.3 is 4.90 Å². The number of nitrogens with zero attached hydrogens (tertiary/aromatic N) is 2. The molecule has 0 saturated carbocycles. The van der Waals surface area contributed by atoms with Crippen LogP contribution in [0.5, 0.6) is 0 Å². The van der Waals surface area contributed by atoms with Gasteiger partial charge in [0.25, 0.3) is 5.91 Å². The Morgan fingerprint density at radius 3 is 2.52 bits per heavy atom. The number of carbonyl (C=O) groups is 1. The second-order valence-corrected chi connectivity index (χ2v) is 7.02. The molecule has 1 saturated heterocycles. The van der Waals surface area contributed by atoms with E-state index in [1.807, 2.05) is 17.0 Å². The molecule has 23 heavy (non-hydrogen) atoms. The summed E-state index contributed by atoms with van der Waals surface area (Å²) in [5, 5.41) is 0. The average Bonchev–Trinajstić information content (AvgIpc) is 2.59. The predicted molar refractivity (Wildman–Crippen MR) is 96.6 cm³/mol. The molecule has 0 radical (unpaired) electrons. The summed E-state index contributed by atoms with van der Waals surface area (Å²) in [6.07, 6.45) is 3.58. The Kier molecular flexibility index (Phi) is 6.64. The van der Waals surface area contributed by atoms with Crippen LogP contribution in [-0.4, -0.2) is 41.4 Å². The number of carbonyl (C=O) groups excluding carboxylic acids is 1. The van der Waals surface area contributed by atoms with Crippen molar-refractivity contribution in [3.8, 4) is 0 Å². The van der Waals surface area contributed by atoms with E-state index in [1.54, 1.807) is 0 Å². The molecule has 0 bridgehead atoms. The smallest absolute Gasteiger partial charge is 0.253 e. The zero-order valence-electron chi connectivity index (χ0n) is 15.2. The molecule has 1 aliphatic rings. The van der Waals surface area contributed by atoms with Gasteiger partial charge in [-0.2, -0.15) is 0 Å². The Bertz CT molecular complexity index is 495. The Morgan fingerprint density at radius 2 is 1.96 bits per heavy atom.